The third-order valence-corrected chi connectivity index (χ3v) is 4.55. The van der Waals surface area contributed by atoms with Crippen molar-refractivity contribution in [3.05, 3.63) is 83.5 Å². The summed E-state index contributed by atoms with van der Waals surface area (Å²) in [4.78, 5) is 4.11. The van der Waals surface area contributed by atoms with Gasteiger partial charge in [0.05, 0.1) is 17.7 Å². The molecule has 0 saturated heterocycles. The van der Waals surface area contributed by atoms with Crippen molar-refractivity contribution in [2.45, 2.75) is 33.9 Å². The zero-order valence-electron chi connectivity index (χ0n) is 15.5. The van der Waals surface area contributed by atoms with Gasteiger partial charge in [-0.15, -0.1) is 0 Å². The van der Waals surface area contributed by atoms with E-state index in [1.165, 1.54) is 0 Å². The fourth-order valence-electron chi connectivity index (χ4n) is 3.40. The molecule has 26 heavy (non-hydrogen) atoms. The largest absolute Gasteiger partial charge is 0.306 e. The molecule has 132 valence electrons. The predicted molar refractivity (Wildman–Crippen MR) is 101 cm³/mol. The highest BCUT2D eigenvalue weighted by Gasteiger charge is 2.21. The zero-order valence-corrected chi connectivity index (χ0v) is 15.5. The van der Waals surface area contributed by atoms with Crippen LogP contribution in [0.3, 0.4) is 0 Å². The fourth-order valence-corrected chi connectivity index (χ4v) is 3.40. The molecule has 0 N–H and O–H groups in total. The molecule has 3 heterocycles. The molecule has 0 aliphatic carbocycles. The standard InChI is InChI=1S/C20H22N6/c1-14-11-16(3)25(22-14)20(26-17(4)12-15(2)23-26)18-5-7-19(8-6-18)24-10-9-21-13-24/h5-13,20H,1-4H3. The molecule has 0 fully saturated rings. The average Bonchev–Trinajstić information content (AvgIpc) is 3.31. The summed E-state index contributed by atoms with van der Waals surface area (Å²) in [6, 6.07) is 12.7. The molecular formula is C20H22N6. The Hall–Kier alpha value is -3.15. The van der Waals surface area contributed by atoms with E-state index in [9.17, 15) is 0 Å². The van der Waals surface area contributed by atoms with Gasteiger partial charge in [-0.3, -0.25) is 0 Å². The van der Waals surface area contributed by atoms with E-state index < -0.39 is 0 Å². The molecule has 6 heteroatoms. The summed E-state index contributed by atoms with van der Waals surface area (Å²) in [5.41, 5.74) is 6.43. The molecule has 0 spiro atoms. The summed E-state index contributed by atoms with van der Waals surface area (Å²) in [6.45, 7) is 8.20. The Morgan fingerprint density at radius 1 is 0.808 bits per heavy atom. The molecule has 6 nitrogen and oxygen atoms in total. The highest BCUT2D eigenvalue weighted by Crippen LogP contribution is 2.25. The van der Waals surface area contributed by atoms with Crippen molar-refractivity contribution in [3.63, 3.8) is 0 Å². The number of hydrogen-bond donors (Lipinski definition) is 0. The Labute approximate surface area is 152 Å². The van der Waals surface area contributed by atoms with Crippen molar-refractivity contribution in [1.82, 2.24) is 29.1 Å². The highest BCUT2D eigenvalue weighted by atomic mass is 15.5. The molecule has 0 saturated carbocycles. The Morgan fingerprint density at radius 3 is 1.81 bits per heavy atom. The van der Waals surface area contributed by atoms with Crippen LogP contribution in [0.2, 0.25) is 0 Å². The van der Waals surface area contributed by atoms with Gasteiger partial charge < -0.3 is 4.57 Å². The summed E-state index contributed by atoms with van der Waals surface area (Å²) >= 11 is 0. The zero-order chi connectivity index (χ0) is 18.3. The SMILES string of the molecule is Cc1cc(C)n(C(c2ccc(-n3ccnc3)cc2)n2nc(C)cc2C)n1. The van der Waals surface area contributed by atoms with Gasteiger partial charge in [-0.05, 0) is 57.5 Å². The third kappa shape index (κ3) is 2.83. The van der Waals surface area contributed by atoms with E-state index >= 15 is 0 Å². The lowest BCUT2D eigenvalue weighted by Crippen LogP contribution is -2.24. The second-order valence-electron chi connectivity index (χ2n) is 6.68. The molecule has 0 atom stereocenters. The van der Waals surface area contributed by atoms with Crippen molar-refractivity contribution in [2.24, 2.45) is 0 Å². The van der Waals surface area contributed by atoms with Crippen LogP contribution >= 0.6 is 0 Å². The maximum Gasteiger partial charge on any atom is 0.169 e. The van der Waals surface area contributed by atoms with Gasteiger partial charge in [0.25, 0.3) is 0 Å². The van der Waals surface area contributed by atoms with Crippen molar-refractivity contribution in [3.8, 4) is 5.69 Å². The molecule has 0 aliphatic heterocycles. The normalized spacial score (nSPS) is 11.4. The Balaban J connectivity index is 1.83. The molecule has 0 amide bonds. The molecule has 0 bridgehead atoms. The van der Waals surface area contributed by atoms with E-state index in [-0.39, 0.29) is 6.17 Å². The van der Waals surface area contributed by atoms with Crippen molar-refractivity contribution < 1.29 is 0 Å². The molecule has 0 unspecified atom stereocenters. The number of benzene rings is 1. The summed E-state index contributed by atoms with van der Waals surface area (Å²) in [6.07, 6.45) is 5.40. The Bertz CT molecular complexity index is 975. The van der Waals surface area contributed by atoms with Gasteiger partial charge in [0.2, 0.25) is 0 Å². The Morgan fingerprint density at radius 2 is 1.38 bits per heavy atom. The van der Waals surface area contributed by atoms with Crippen molar-refractivity contribution in [1.29, 1.82) is 0 Å². The third-order valence-electron chi connectivity index (χ3n) is 4.55. The minimum atomic E-state index is -0.116. The average molecular weight is 346 g/mol. The fraction of sp³-hybridized carbons (Fsp3) is 0.250. The summed E-state index contributed by atoms with van der Waals surface area (Å²) < 4.78 is 6.08. The first-order chi connectivity index (χ1) is 12.5. The van der Waals surface area contributed by atoms with Gasteiger partial charge in [0, 0.05) is 29.5 Å². The van der Waals surface area contributed by atoms with Gasteiger partial charge in [-0.2, -0.15) is 10.2 Å². The van der Waals surface area contributed by atoms with Crippen LogP contribution in [0.5, 0.6) is 0 Å². The lowest BCUT2D eigenvalue weighted by atomic mass is 10.1. The van der Waals surface area contributed by atoms with Crippen LogP contribution in [0.4, 0.5) is 0 Å². The molecule has 4 aromatic rings. The quantitative estimate of drug-likeness (QED) is 0.567. The topological polar surface area (TPSA) is 53.5 Å². The smallest absolute Gasteiger partial charge is 0.169 e. The second kappa shape index (κ2) is 6.29. The number of aryl methyl sites for hydroxylation is 4. The first-order valence-corrected chi connectivity index (χ1v) is 8.67. The number of hydrogen-bond acceptors (Lipinski definition) is 3. The first-order valence-electron chi connectivity index (χ1n) is 8.67. The van der Waals surface area contributed by atoms with Crippen LogP contribution in [0.1, 0.15) is 34.5 Å². The summed E-state index contributed by atoms with van der Waals surface area (Å²) in [5, 5.41) is 9.45. The van der Waals surface area contributed by atoms with E-state index in [4.69, 9.17) is 10.2 Å². The molecule has 1 aromatic carbocycles. The van der Waals surface area contributed by atoms with Crippen molar-refractivity contribution in [2.75, 3.05) is 0 Å². The van der Waals surface area contributed by atoms with Gasteiger partial charge in [-0.25, -0.2) is 14.3 Å². The van der Waals surface area contributed by atoms with E-state index in [0.717, 1.165) is 34.0 Å². The molecule has 3 aromatic heterocycles. The van der Waals surface area contributed by atoms with Gasteiger partial charge in [-0.1, -0.05) is 12.1 Å². The van der Waals surface area contributed by atoms with Crippen molar-refractivity contribution >= 4 is 0 Å². The lowest BCUT2D eigenvalue weighted by Gasteiger charge is -2.22. The van der Waals surface area contributed by atoms with E-state index in [0.29, 0.717) is 0 Å². The number of imidazole rings is 1. The molecule has 0 radical (unpaired) electrons. The number of rotatable bonds is 4. The second-order valence-corrected chi connectivity index (χ2v) is 6.68. The predicted octanol–water partition coefficient (Wildman–Crippen LogP) is 3.59. The first kappa shape index (κ1) is 16.3. The maximum atomic E-state index is 4.73. The number of aromatic nitrogens is 6. The van der Waals surface area contributed by atoms with Crippen LogP contribution in [0, 0.1) is 27.7 Å². The van der Waals surface area contributed by atoms with E-state index in [1.54, 1.807) is 12.5 Å². The number of nitrogens with zero attached hydrogens (tertiary/aromatic N) is 6. The van der Waals surface area contributed by atoms with Crippen LogP contribution < -0.4 is 0 Å². The summed E-state index contributed by atoms with van der Waals surface area (Å²) in [7, 11) is 0. The lowest BCUT2D eigenvalue weighted by molar-refractivity contribution is 0.401. The molecule has 4 rings (SSSR count). The highest BCUT2D eigenvalue weighted by molar-refractivity contribution is 5.36. The van der Waals surface area contributed by atoms with Crippen LogP contribution in [0.15, 0.2) is 55.1 Å². The molecule has 0 aliphatic rings. The van der Waals surface area contributed by atoms with Gasteiger partial charge in [0.15, 0.2) is 6.17 Å². The minimum Gasteiger partial charge on any atom is -0.306 e. The van der Waals surface area contributed by atoms with Gasteiger partial charge in [0.1, 0.15) is 0 Å². The van der Waals surface area contributed by atoms with Crippen LogP contribution in [0.25, 0.3) is 5.69 Å². The van der Waals surface area contributed by atoms with E-state index in [1.807, 2.05) is 34.0 Å². The van der Waals surface area contributed by atoms with E-state index in [2.05, 4.69) is 55.2 Å². The van der Waals surface area contributed by atoms with Crippen LogP contribution in [-0.4, -0.2) is 29.1 Å². The summed E-state index contributed by atoms with van der Waals surface area (Å²) in [5.74, 6) is 0. The molecular weight excluding hydrogens is 324 g/mol. The minimum absolute atomic E-state index is 0.116. The maximum absolute atomic E-state index is 4.73. The van der Waals surface area contributed by atoms with Crippen LogP contribution in [-0.2, 0) is 0 Å². The Kier molecular flexibility index (Phi) is 3.95. The monoisotopic (exact) mass is 346 g/mol. The van der Waals surface area contributed by atoms with Gasteiger partial charge >= 0.3 is 0 Å².